The second kappa shape index (κ2) is 5.30. The van der Waals surface area contributed by atoms with Crippen LogP contribution in [0.3, 0.4) is 0 Å². The Morgan fingerprint density at radius 1 is 1.40 bits per heavy atom. The lowest BCUT2D eigenvalue weighted by Crippen LogP contribution is -2.28. The van der Waals surface area contributed by atoms with E-state index in [1.807, 2.05) is 39.0 Å². The normalized spacial score (nSPS) is 11.8. The molecule has 1 N–H and O–H groups in total. The molecule has 0 spiro atoms. The Balaban J connectivity index is 2.54. The fourth-order valence-corrected chi connectivity index (χ4v) is 1.59. The van der Waals surface area contributed by atoms with Crippen molar-refractivity contribution in [3.8, 4) is 0 Å². The zero-order valence-electron chi connectivity index (χ0n) is 9.10. The molecule has 0 aliphatic heterocycles. The molecule has 0 bridgehead atoms. The van der Waals surface area contributed by atoms with Crippen molar-refractivity contribution in [2.24, 2.45) is 0 Å². The van der Waals surface area contributed by atoms with E-state index in [1.54, 1.807) is 0 Å². The summed E-state index contributed by atoms with van der Waals surface area (Å²) in [7, 11) is 0. The summed E-state index contributed by atoms with van der Waals surface area (Å²) in [6, 6.07) is 5.68. The molecule has 0 unspecified atom stereocenters. The molecule has 15 heavy (non-hydrogen) atoms. The lowest BCUT2D eigenvalue weighted by molar-refractivity contribution is -0.0758. The van der Waals surface area contributed by atoms with Gasteiger partial charge in [-0.15, -0.1) is 0 Å². The number of hydroxylamine groups is 1. The molecule has 1 rings (SSSR count). The first kappa shape index (κ1) is 13.0. The number of hydrogen-bond donors (Lipinski definition) is 1. The summed E-state index contributed by atoms with van der Waals surface area (Å²) in [6.45, 7) is 6.60. The number of rotatable bonds is 3. The van der Waals surface area contributed by atoms with Crippen LogP contribution in [0, 0.1) is 0 Å². The van der Waals surface area contributed by atoms with E-state index in [0.29, 0.717) is 6.54 Å². The van der Waals surface area contributed by atoms with Crippen LogP contribution < -0.4 is 5.48 Å². The monoisotopic (exact) mass is 291 g/mol. The molecule has 1 aromatic carbocycles. The van der Waals surface area contributed by atoms with Gasteiger partial charge in [-0.05, 0) is 44.5 Å². The van der Waals surface area contributed by atoms with Crippen molar-refractivity contribution >= 4 is 27.5 Å². The molecule has 84 valence electrons. The summed E-state index contributed by atoms with van der Waals surface area (Å²) < 4.78 is 1.02. The molecule has 0 fully saturated rings. The van der Waals surface area contributed by atoms with Crippen LogP contribution in [0.1, 0.15) is 26.3 Å². The Morgan fingerprint density at radius 3 is 2.67 bits per heavy atom. The quantitative estimate of drug-likeness (QED) is 0.853. The maximum absolute atomic E-state index is 5.90. The van der Waals surface area contributed by atoms with Crippen molar-refractivity contribution in [2.75, 3.05) is 0 Å². The van der Waals surface area contributed by atoms with E-state index < -0.39 is 0 Å². The van der Waals surface area contributed by atoms with Gasteiger partial charge in [-0.1, -0.05) is 27.5 Å². The average molecular weight is 293 g/mol. The molecule has 2 nitrogen and oxygen atoms in total. The molecule has 0 saturated carbocycles. The largest absolute Gasteiger partial charge is 0.296 e. The van der Waals surface area contributed by atoms with Crippen molar-refractivity contribution in [3.05, 3.63) is 33.3 Å². The molecule has 0 aliphatic carbocycles. The van der Waals surface area contributed by atoms with Gasteiger partial charge in [-0.3, -0.25) is 4.84 Å². The van der Waals surface area contributed by atoms with Gasteiger partial charge in [0.05, 0.1) is 5.60 Å². The van der Waals surface area contributed by atoms with E-state index >= 15 is 0 Å². The average Bonchev–Trinajstić information content (AvgIpc) is 2.09. The van der Waals surface area contributed by atoms with Crippen molar-refractivity contribution in [3.63, 3.8) is 0 Å². The van der Waals surface area contributed by atoms with Crippen LogP contribution in [0.5, 0.6) is 0 Å². The molecule has 0 atom stereocenters. The SMILES string of the molecule is CC(C)(C)ONCc1cc(Cl)ccc1Br. The molecule has 0 heterocycles. The van der Waals surface area contributed by atoms with Gasteiger partial charge in [-0.25, -0.2) is 0 Å². The first-order chi connectivity index (χ1) is 6.88. The summed E-state index contributed by atoms with van der Waals surface area (Å²) in [4.78, 5) is 5.41. The summed E-state index contributed by atoms with van der Waals surface area (Å²) in [6.07, 6.45) is 0. The summed E-state index contributed by atoms with van der Waals surface area (Å²) in [5, 5.41) is 0.728. The van der Waals surface area contributed by atoms with Crippen molar-refractivity contribution in [2.45, 2.75) is 32.9 Å². The molecule has 0 amide bonds. The van der Waals surface area contributed by atoms with Crippen molar-refractivity contribution < 1.29 is 4.84 Å². The molecular weight excluding hydrogens is 277 g/mol. The predicted octanol–water partition coefficient (Wildman–Crippen LogP) is 3.92. The zero-order valence-corrected chi connectivity index (χ0v) is 11.4. The van der Waals surface area contributed by atoms with Crippen LogP contribution in [0.15, 0.2) is 22.7 Å². The molecular formula is C11H15BrClNO. The minimum absolute atomic E-state index is 0.189. The Labute approximate surface area is 104 Å². The van der Waals surface area contributed by atoms with E-state index in [-0.39, 0.29) is 5.60 Å². The van der Waals surface area contributed by atoms with E-state index in [0.717, 1.165) is 15.1 Å². The molecule has 1 aromatic rings. The maximum Gasteiger partial charge on any atom is 0.0813 e. The van der Waals surface area contributed by atoms with Crippen LogP contribution >= 0.6 is 27.5 Å². The lowest BCUT2D eigenvalue weighted by atomic mass is 10.2. The van der Waals surface area contributed by atoms with Gasteiger partial charge in [-0.2, -0.15) is 5.48 Å². The Hall–Kier alpha value is -0.0900. The van der Waals surface area contributed by atoms with Crippen LogP contribution in [0.2, 0.25) is 5.02 Å². The minimum atomic E-state index is -0.189. The highest BCUT2D eigenvalue weighted by Crippen LogP contribution is 2.21. The van der Waals surface area contributed by atoms with Gasteiger partial charge in [0.1, 0.15) is 0 Å². The van der Waals surface area contributed by atoms with Crippen LogP contribution in [0.25, 0.3) is 0 Å². The third-order valence-electron chi connectivity index (χ3n) is 1.65. The molecule has 0 radical (unpaired) electrons. The summed E-state index contributed by atoms with van der Waals surface area (Å²) in [5.74, 6) is 0. The van der Waals surface area contributed by atoms with Gasteiger partial charge in [0, 0.05) is 16.0 Å². The standard InChI is InChI=1S/C11H15BrClNO/c1-11(2,3)15-14-7-8-6-9(13)4-5-10(8)12/h4-6,14H,7H2,1-3H3. The molecule has 0 aliphatic rings. The van der Waals surface area contributed by atoms with Gasteiger partial charge < -0.3 is 0 Å². The number of benzene rings is 1. The van der Waals surface area contributed by atoms with E-state index in [4.69, 9.17) is 16.4 Å². The number of hydrogen-bond acceptors (Lipinski definition) is 2. The Kier molecular flexibility index (Phi) is 4.59. The van der Waals surface area contributed by atoms with Crippen LogP contribution in [-0.2, 0) is 11.4 Å². The highest BCUT2D eigenvalue weighted by Gasteiger charge is 2.10. The fourth-order valence-electron chi connectivity index (χ4n) is 1.01. The molecule has 0 aromatic heterocycles. The van der Waals surface area contributed by atoms with Gasteiger partial charge in [0.2, 0.25) is 0 Å². The smallest absolute Gasteiger partial charge is 0.0813 e. The van der Waals surface area contributed by atoms with Gasteiger partial charge in [0.25, 0.3) is 0 Å². The van der Waals surface area contributed by atoms with E-state index in [1.165, 1.54) is 0 Å². The second-order valence-corrected chi connectivity index (χ2v) is 5.56. The second-order valence-electron chi connectivity index (χ2n) is 4.27. The molecule has 4 heteroatoms. The summed E-state index contributed by atoms with van der Waals surface area (Å²) >= 11 is 9.35. The number of nitrogens with one attached hydrogen (secondary N) is 1. The maximum atomic E-state index is 5.90. The first-order valence-corrected chi connectivity index (χ1v) is 5.90. The third-order valence-corrected chi connectivity index (χ3v) is 2.66. The van der Waals surface area contributed by atoms with Crippen molar-refractivity contribution in [1.29, 1.82) is 0 Å². The Morgan fingerprint density at radius 2 is 2.07 bits per heavy atom. The van der Waals surface area contributed by atoms with Gasteiger partial charge >= 0.3 is 0 Å². The predicted molar refractivity (Wildman–Crippen MR) is 66.8 cm³/mol. The van der Waals surface area contributed by atoms with E-state index in [9.17, 15) is 0 Å². The topological polar surface area (TPSA) is 21.3 Å². The van der Waals surface area contributed by atoms with Gasteiger partial charge in [0.15, 0.2) is 0 Å². The summed E-state index contributed by atoms with van der Waals surface area (Å²) in [5.41, 5.74) is 3.81. The fraction of sp³-hybridized carbons (Fsp3) is 0.455. The van der Waals surface area contributed by atoms with E-state index in [2.05, 4.69) is 21.4 Å². The Bertz CT molecular complexity index is 336. The lowest BCUT2D eigenvalue weighted by Gasteiger charge is -2.19. The minimum Gasteiger partial charge on any atom is -0.296 e. The number of halogens is 2. The van der Waals surface area contributed by atoms with Crippen LogP contribution in [-0.4, -0.2) is 5.60 Å². The van der Waals surface area contributed by atoms with Crippen molar-refractivity contribution in [1.82, 2.24) is 5.48 Å². The third kappa shape index (κ3) is 4.98. The molecule has 0 saturated heterocycles. The highest BCUT2D eigenvalue weighted by molar-refractivity contribution is 9.10. The highest BCUT2D eigenvalue weighted by atomic mass is 79.9. The van der Waals surface area contributed by atoms with Crippen LogP contribution in [0.4, 0.5) is 0 Å². The first-order valence-electron chi connectivity index (χ1n) is 4.73. The zero-order chi connectivity index (χ0) is 11.5.